The first-order valence-corrected chi connectivity index (χ1v) is 12.0. The Morgan fingerprint density at radius 2 is 2.06 bits per heavy atom. The molecule has 7 heteroatoms. The Bertz CT molecular complexity index is 1130. The Balaban J connectivity index is 1.07. The highest BCUT2D eigenvalue weighted by atomic mass is 16.5. The molecule has 0 spiro atoms. The molecule has 2 aromatic heterocycles. The second kappa shape index (κ2) is 10.7. The maximum atomic E-state index is 6.18. The fourth-order valence-electron chi connectivity index (χ4n) is 4.49. The maximum Gasteiger partial charge on any atom is 0.213 e. The van der Waals surface area contributed by atoms with Crippen LogP contribution in [0.1, 0.15) is 32.1 Å². The molecule has 2 aromatic rings. The Morgan fingerprint density at radius 3 is 2.88 bits per heavy atom. The van der Waals surface area contributed by atoms with Gasteiger partial charge in [-0.25, -0.2) is 4.98 Å². The maximum absolute atomic E-state index is 6.18. The zero-order valence-electron chi connectivity index (χ0n) is 19.6. The number of pyridine rings is 2. The molecular weight excluding hydrogens is 430 g/mol. The van der Waals surface area contributed by atoms with Crippen LogP contribution in [-0.4, -0.2) is 48.2 Å². The van der Waals surface area contributed by atoms with Crippen LogP contribution in [0.5, 0.6) is 11.6 Å². The lowest BCUT2D eigenvalue weighted by molar-refractivity contribution is 0.135. The van der Waals surface area contributed by atoms with Gasteiger partial charge in [0.05, 0.1) is 19.2 Å². The zero-order chi connectivity index (χ0) is 23.2. The van der Waals surface area contributed by atoms with Crippen molar-refractivity contribution in [2.24, 2.45) is 5.92 Å². The average Bonchev–Trinajstić information content (AvgIpc) is 2.91. The van der Waals surface area contributed by atoms with Crippen molar-refractivity contribution in [3.63, 3.8) is 0 Å². The van der Waals surface area contributed by atoms with E-state index in [2.05, 4.69) is 33.1 Å². The Kier molecular flexibility index (Phi) is 7.10. The first-order valence-electron chi connectivity index (χ1n) is 12.0. The summed E-state index contributed by atoms with van der Waals surface area (Å²) in [5.74, 6) is 3.59. The third-order valence-corrected chi connectivity index (χ3v) is 6.53. The molecule has 1 saturated heterocycles. The fourth-order valence-corrected chi connectivity index (χ4v) is 4.49. The normalized spacial score (nSPS) is 19.0. The molecule has 0 atom stereocenters. The van der Waals surface area contributed by atoms with Gasteiger partial charge >= 0.3 is 0 Å². The number of piperidine rings is 1. The van der Waals surface area contributed by atoms with Crippen molar-refractivity contribution in [2.75, 3.05) is 33.4 Å². The van der Waals surface area contributed by atoms with Crippen molar-refractivity contribution in [1.29, 1.82) is 0 Å². The summed E-state index contributed by atoms with van der Waals surface area (Å²) >= 11 is 0. The van der Waals surface area contributed by atoms with Crippen molar-refractivity contribution in [1.82, 2.24) is 14.9 Å². The van der Waals surface area contributed by atoms with Crippen LogP contribution >= 0.6 is 0 Å². The summed E-state index contributed by atoms with van der Waals surface area (Å²) in [5.41, 5.74) is 2.76. The molecule has 5 rings (SSSR count). The van der Waals surface area contributed by atoms with Gasteiger partial charge in [0.15, 0.2) is 5.76 Å². The van der Waals surface area contributed by atoms with E-state index in [1.807, 2.05) is 18.2 Å². The molecule has 0 unspecified atom stereocenters. The number of nitrogens with zero attached hydrogens (tertiary/aromatic N) is 3. The van der Waals surface area contributed by atoms with Crippen LogP contribution in [0.15, 0.2) is 72.2 Å². The Labute approximate surface area is 200 Å². The highest BCUT2D eigenvalue weighted by Crippen LogP contribution is 2.29. The van der Waals surface area contributed by atoms with Crippen LogP contribution in [-0.2, 0) is 9.47 Å². The van der Waals surface area contributed by atoms with Crippen molar-refractivity contribution < 1.29 is 18.9 Å². The lowest BCUT2D eigenvalue weighted by Gasteiger charge is -2.32. The summed E-state index contributed by atoms with van der Waals surface area (Å²) in [5, 5.41) is 0. The van der Waals surface area contributed by atoms with Crippen LogP contribution in [0.4, 0.5) is 0 Å². The number of rotatable bonds is 8. The van der Waals surface area contributed by atoms with Crippen molar-refractivity contribution >= 4 is 11.0 Å². The summed E-state index contributed by atoms with van der Waals surface area (Å²) in [4.78, 5) is 11.4. The van der Waals surface area contributed by atoms with Crippen LogP contribution in [0.2, 0.25) is 0 Å². The van der Waals surface area contributed by atoms with Gasteiger partial charge in [0, 0.05) is 31.3 Å². The zero-order valence-corrected chi connectivity index (χ0v) is 19.6. The first-order chi connectivity index (χ1) is 16.8. The van der Waals surface area contributed by atoms with Crippen LogP contribution in [0.25, 0.3) is 11.0 Å². The molecule has 0 N–H and O–H groups in total. The average molecular weight is 462 g/mol. The number of fused-ring (bicyclic) bond motifs is 1. The second-order valence-electron chi connectivity index (χ2n) is 8.84. The van der Waals surface area contributed by atoms with E-state index in [-0.39, 0.29) is 0 Å². The molecular formula is C27H31N3O4. The number of likely N-dealkylation sites (tertiary alicyclic amines) is 1. The highest BCUT2D eigenvalue weighted by Gasteiger charge is 2.22. The molecule has 34 heavy (non-hydrogen) atoms. The van der Waals surface area contributed by atoms with Gasteiger partial charge in [-0.2, -0.15) is 0 Å². The van der Waals surface area contributed by atoms with E-state index in [0.29, 0.717) is 18.4 Å². The number of aromatic nitrogens is 2. The molecule has 1 fully saturated rings. The third-order valence-electron chi connectivity index (χ3n) is 6.53. The van der Waals surface area contributed by atoms with Crippen LogP contribution in [0, 0.1) is 5.92 Å². The van der Waals surface area contributed by atoms with Gasteiger partial charge in [0.25, 0.3) is 0 Å². The first kappa shape index (κ1) is 22.5. The molecule has 0 radical (unpaired) electrons. The summed E-state index contributed by atoms with van der Waals surface area (Å²) in [6.07, 6.45) is 16.7. The highest BCUT2D eigenvalue weighted by molar-refractivity contribution is 5.81. The van der Waals surface area contributed by atoms with Gasteiger partial charge in [-0.15, -0.1) is 0 Å². The van der Waals surface area contributed by atoms with Crippen molar-refractivity contribution in [3.05, 3.63) is 72.2 Å². The molecule has 3 aliphatic rings. The Morgan fingerprint density at radius 1 is 1.15 bits per heavy atom. The van der Waals surface area contributed by atoms with E-state index in [1.54, 1.807) is 25.8 Å². The molecule has 1 aliphatic carbocycles. The molecule has 178 valence electrons. The lowest BCUT2D eigenvalue weighted by atomic mass is 9.97. The SMILES string of the molecule is COc1ccc2nccc(OCC3CCN(CCC4=COC=C(C5=CC=CCC5)O4)CC3)c2n1. The minimum atomic E-state index is 0.527. The topological polar surface area (TPSA) is 65.9 Å². The summed E-state index contributed by atoms with van der Waals surface area (Å²) in [6.45, 7) is 3.77. The van der Waals surface area contributed by atoms with Gasteiger partial charge in [0.1, 0.15) is 29.5 Å². The van der Waals surface area contributed by atoms with Gasteiger partial charge < -0.3 is 23.8 Å². The molecule has 0 saturated carbocycles. The van der Waals surface area contributed by atoms with E-state index < -0.39 is 0 Å². The Hall–Kier alpha value is -3.32. The predicted molar refractivity (Wildman–Crippen MR) is 130 cm³/mol. The summed E-state index contributed by atoms with van der Waals surface area (Å²) < 4.78 is 23.1. The number of methoxy groups -OCH3 is 1. The van der Waals surface area contributed by atoms with Gasteiger partial charge in [-0.1, -0.05) is 18.2 Å². The van der Waals surface area contributed by atoms with Crippen molar-refractivity contribution in [3.8, 4) is 11.6 Å². The summed E-state index contributed by atoms with van der Waals surface area (Å²) in [6, 6.07) is 5.61. The lowest BCUT2D eigenvalue weighted by Crippen LogP contribution is -2.36. The minimum absolute atomic E-state index is 0.527. The number of ether oxygens (including phenoxy) is 4. The van der Waals surface area contributed by atoms with Gasteiger partial charge in [-0.05, 0) is 56.3 Å². The second-order valence-corrected chi connectivity index (χ2v) is 8.84. The largest absolute Gasteiger partial charge is 0.491 e. The molecule has 7 nitrogen and oxygen atoms in total. The van der Waals surface area contributed by atoms with Gasteiger partial charge in [-0.3, -0.25) is 4.98 Å². The van der Waals surface area contributed by atoms with E-state index in [1.165, 1.54) is 5.57 Å². The molecule has 2 aliphatic heterocycles. The molecule has 4 heterocycles. The molecule has 0 amide bonds. The van der Waals surface area contributed by atoms with E-state index in [0.717, 1.165) is 80.0 Å². The molecule has 0 bridgehead atoms. The van der Waals surface area contributed by atoms with Crippen LogP contribution < -0.4 is 9.47 Å². The number of hydrogen-bond donors (Lipinski definition) is 0. The monoisotopic (exact) mass is 461 g/mol. The van der Waals surface area contributed by atoms with Crippen molar-refractivity contribution in [2.45, 2.75) is 32.1 Å². The third kappa shape index (κ3) is 5.42. The smallest absolute Gasteiger partial charge is 0.213 e. The van der Waals surface area contributed by atoms with E-state index in [9.17, 15) is 0 Å². The number of allylic oxidation sites excluding steroid dienone is 4. The van der Waals surface area contributed by atoms with Gasteiger partial charge in [0.2, 0.25) is 5.88 Å². The fraction of sp³-hybridized carbons (Fsp3) is 0.407. The standard InChI is InChI=1S/C27H31N3O4/c1-31-26-8-7-23-27(29-26)24(9-13-28-23)33-17-20-10-14-30(15-11-20)16-12-22-18-32-19-25(34-22)21-5-3-2-4-6-21/h2-3,5,7-9,13,18-20H,4,6,10-12,14-17H2,1H3. The van der Waals surface area contributed by atoms with E-state index in [4.69, 9.17) is 18.9 Å². The van der Waals surface area contributed by atoms with E-state index >= 15 is 0 Å². The summed E-state index contributed by atoms with van der Waals surface area (Å²) in [7, 11) is 1.62. The minimum Gasteiger partial charge on any atom is -0.491 e. The quantitative estimate of drug-likeness (QED) is 0.540. The number of hydrogen-bond acceptors (Lipinski definition) is 7. The van der Waals surface area contributed by atoms with Crippen LogP contribution in [0.3, 0.4) is 0 Å². The predicted octanol–water partition coefficient (Wildman–Crippen LogP) is 5.13. The molecule has 0 aromatic carbocycles.